The van der Waals surface area contributed by atoms with Crippen LogP contribution in [0.2, 0.25) is 5.02 Å². The predicted octanol–water partition coefficient (Wildman–Crippen LogP) is 3.03. The summed E-state index contributed by atoms with van der Waals surface area (Å²) in [5.41, 5.74) is 1.13. The summed E-state index contributed by atoms with van der Waals surface area (Å²) in [5.74, 6) is -1.33. The summed E-state index contributed by atoms with van der Waals surface area (Å²) in [6.45, 7) is 3.55. The Kier molecular flexibility index (Phi) is 4.92. The summed E-state index contributed by atoms with van der Waals surface area (Å²) in [4.78, 5) is 22.0. The van der Waals surface area contributed by atoms with Crippen LogP contribution in [0.4, 0.5) is 5.69 Å². The van der Waals surface area contributed by atoms with Crippen molar-refractivity contribution in [1.29, 1.82) is 0 Å². The molecule has 0 spiro atoms. The van der Waals surface area contributed by atoms with Crippen molar-refractivity contribution in [2.24, 2.45) is 5.92 Å². The van der Waals surface area contributed by atoms with Crippen LogP contribution in [-0.2, 0) is 9.59 Å². The first kappa shape index (κ1) is 14.3. The number of hydrogen-bond acceptors (Lipinski definition) is 2. The number of hydrogen-bond donors (Lipinski definition) is 2. The van der Waals surface area contributed by atoms with Gasteiger partial charge in [0.25, 0.3) is 0 Å². The number of amides is 1. The van der Waals surface area contributed by atoms with Crippen molar-refractivity contribution >= 4 is 35.2 Å². The van der Waals surface area contributed by atoms with E-state index in [1.54, 1.807) is 32.0 Å². The van der Waals surface area contributed by atoms with Crippen molar-refractivity contribution in [3.63, 3.8) is 0 Å². The molecule has 0 aliphatic heterocycles. The molecule has 0 aliphatic rings. The number of carbonyl (C=O) groups is 2. The number of aliphatic carboxylic acids is 1. The SMILES string of the molecule is CC(C)C(=O)Nc1cc(/C=C/C(=O)O)ccc1Cl. The second-order valence-corrected chi connectivity index (χ2v) is 4.46. The summed E-state index contributed by atoms with van der Waals surface area (Å²) >= 11 is 5.95. The van der Waals surface area contributed by atoms with Crippen LogP contribution in [0.25, 0.3) is 6.08 Å². The lowest BCUT2D eigenvalue weighted by molar-refractivity contribution is -0.131. The van der Waals surface area contributed by atoms with Gasteiger partial charge in [-0.15, -0.1) is 0 Å². The first-order valence-electron chi connectivity index (χ1n) is 5.41. The van der Waals surface area contributed by atoms with Gasteiger partial charge in [0.15, 0.2) is 0 Å². The Balaban J connectivity index is 2.94. The molecule has 0 atom stereocenters. The van der Waals surface area contributed by atoms with Gasteiger partial charge in [-0.25, -0.2) is 4.79 Å². The second-order valence-electron chi connectivity index (χ2n) is 4.05. The van der Waals surface area contributed by atoms with E-state index in [1.807, 2.05) is 0 Å². The molecule has 1 amide bonds. The maximum absolute atomic E-state index is 11.6. The Morgan fingerprint density at radius 1 is 1.39 bits per heavy atom. The van der Waals surface area contributed by atoms with Gasteiger partial charge in [0.2, 0.25) is 5.91 Å². The standard InChI is InChI=1S/C13H14ClNO3/c1-8(2)13(18)15-11-7-9(3-5-10(11)14)4-6-12(16)17/h3-8H,1-2H3,(H,15,18)(H,16,17)/b6-4+. The number of nitrogens with one attached hydrogen (secondary N) is 1. The van der Waals surface area contributed by atoms with E-state index in [0.717, 1.165) is 6.08 Å². The largest absolute Gasteiger partial charge is 0.478 e. The summed E-state index contributed by atoms with van der Waals surface area (Å²) in [5, 5.41) is 11.6. The average molecular weight is 268 g/mol. The van der Waals surface area contributed by atoms with Gasteiger partial charge >= 0.3 is 5.97 Å². The highest BCUT2D eigenvalue weighted by atomic mass is 35.5. The topological polar surface area (TPSA) is 66.4 Å². The van der Waals surface area contributed by atoms with Crippen molar-refractivity contribution < 1.29 is 14.7 Å². The minimum Gasteiger partial charge on any atom is -0.478 e. The monoisotopic (exact) mass is 267 g/mol. The number of carbonyl (C=O) groups excluding carboxylic acids is 1. The van der Waals surface area contributed by atoms with Crippen molar-refractivity contribution in [1.82, 2.24) is 0 Å². The van der Waals surface area contributed by atoms with Crippen molar-refractivity contribution in [2.75, 3.05) is 5.32 Å². The molecule has 0 fully saturated rings. The Morgan fingerprint density at radius 2 is 2.06 bits per heavy atom. The molecule has 1 aromatic rings. The van der Waals surface area contributed by atoms with Gasteiger partial charge in [-0.1, -0.05) is 31.5 Å². The third-order valence-corrected chi connectivity index (χ3v) is 2.52. The van der Waals surface area contributed by atoms with Crippen molar-refractivity contribution in [3.05, 3.63) is 34.9 Å². The highest BCUT2D eigenvalue weighted by Crippen LogP contribution is 2.24. The number of benzene rings is 1. The van der Waals surface area contributed by atoms with Crippen LogP contribution < -0.4 is 5.32 Å². The number of anilines is 1. The Hall–Kier alpha value is -1.81. The zero-order chi connectivity index (χ0) is 13.7. The number of halogens is 1. The molecule has 0 bridgehead atoms. The van der Waals surface area contributed by atoms with Gasteiger partial charge in [0, 0.05) is 12.0 Å². The first-order valence-corrected chi connectivity index (χ1v) is 5.79. The third-order valence-electron chi connectivity index (χ3n) is 2.19. The van der Waals surface area contributed by atoms with E-state index >= 15 is 0 Å². The van der Waals surface area contributed by atoms with Crippen LogP contribution in [0.1, 0.15) is 19.4 Å². The molecular formula is C13H14ClNO3. The van der Waals surface area contributed by atoms with Gasteiger partial charge in [-0.05, 0) is 23.8 Å². The maximum atomic E-state index is 11.6. The van der Waals surface area contributed by atoms with Crippen molar-refractivity contribution in [2.45, 2.75) is 13.8 Å². The average Bonchev–Trinajstić information content (AvgIpc) is 2.29. The molecule has 0 aromatic heterocycles. The zero-order valence-electron chi connectivity index (χ0n) is 10.1. The molecule has 0 unspecified atom stereocenters. The van der Waals surface area contributed by atoms with Gasteiger partial charge in [0.05, 0.1) is 10.7 Å². The number of carboxylic acid groups (broad SMARTS) is 1. The summed E-state index contributed by atoms with van der Waals surface area (Å²) in [6.07, 6.45) is 2.46. The summed E-state index contributed by atoms with van der Waals surface area (Å²) in [6, 6.07) is 4.91. The van der Waals surface area contributed by atoms with Gasteiger partial charge in [-0.2, -0.15) is 0 Å². The molecule has 2 N–H and O–H groups in total. The summed E-state index contributed by atoms with van der Waals surface area (Å²) in [7, 11) is 0. The normalized spacial score (nSPS) is 10.9. The Bertz CT molecular complexity index is 495. The third kappa shape index (κ3) is 4.22. The molecule has 0 saturated carbocycles. The highest BCUT2D eigenvalue weighted by molar-refractivity contribution is 6.33. The molecule has 0 saturated heterocycles. The minimum absolute atomic E-state index is 0.142. The Morgan fingerprint density at radius 3 is 2.61 bits per heavy atom. The van der Waals surface area contributed by atoms with Crippen LogP contribution in [0, 0.1) is 5.92 Å². The number of rotatable bonds is 4. The van der Waals surface area contributed by atoms with Crippen molar-refractivity contribution in [3.8, 4) is 0 Å². The fourth-order valence-electron chi connectivity index (χ4n) is 1.19. The minimum atomic E-state index is -1.03. The molecule has 0 radical (unpaired) electrons. The van der Waals surface area contributed by atoms with E-state index in [1.165, 1.54) is 6.08 Å². The van der Waals surface area contributed by atoms with Crippen LogP contribution in [0.5, 0.6) is 0 Å². The van der Waals surface area contributed by atoms with E-state index in [9.17, 15) is 9.59 Å². The molecular weight excluding hydrogens is 254 g/mol. The molecule has 4 nitrogen and oxygen atoms in total. The van der Waals surface area contributed by atoms with E-state index in [4.69, 9.17) is 16.7 Å². The lowest BCUT2D eigenvalue weighted by Crippen LogP contribution is -2.17. The first-order chi connectivity index (χ1) is 8.40. The van der Waals surface area contributed by atoms with Crippen LogP contribution >= 0.6 is 11.6 Å². The van der Waals surface area contributed by atoms with Gasteiger partial charge in [-0.3, -0.25) is 4.79 Å². The van der Waals surface area contributed by atoms with Crippen LogP contribution in [-0.4, -0.2) is 17.0 Å². The molecule has 5 heteroatoms. The summed E-state index contributed by atoms with van der Waals surface area (Å²) < 4.78 is 0. The fraction of sp³-hybridized carbons (Fsp3) is 0.231. The zero-order valence-corrected chi connectivity index (χ0v) is 10.9. The van der Waals surface area contributed by atoms with E-state index < -0.39 is 5.97 Å². The lowest BCUT2D eigenvalue weighted by atomic mass is 10.1. The fourth-order valence-corrected chi connectivity index (χ4v) is 1.35. The van der Waals surface area contributed by atoms with Crippen LogP contribution in [0.3, 0.4) is 0 Å². The lowest BCUT2D eigenvalue weighted by Gasteiger charge is -2.10. The second kappa shape index (κ2) is 6.21. The molecule has 0 heterocycles. The van der Waals surface area contributed by atoms with Gasteiger partial charge in [0.1, 0.15) is 0 Å². The Labute approximate surface area is 110 Å². The molecule has 0 aliphatic carbocycles. The molecule has 96 valence electrons. The quantitative estimate of drug-likeness (QED) is 0.824. The smallest absolute Gasteiger partial charge is 0.328 e. The van der Waals surface area contributed by atoms with E-state index in [0.29, 0.717) is 16.3 Å². The van der Waals surface area contributed by atoms with Crippen LogP contribution in [0.15, 0.2) is 24.3 Å². The van der Waals surface area contributed by atoms with Gasteiger partial charge < -0.3 is 10.4 Å². The maximum Gasteiger partial charge on any atom is 0.328 e. The highest BCUT2D eigenvalue weighted by Gasteiger charge is 2.09. The number of carboxylic acids is 1. The predicted molar refractivity (Wildman–Crippen MR) is 71.6 cm³/mol. The molecule has 1 rings (SSSR count). The molecule has 18 heavy (non-hydrogen) atoms. The van der Waals surface area contributed by atoms with E-state index in [-0.39, 0.29) is 11.8 Å². The van der Waals surface area contributed by atoms with E-state index in [2.05, 4.69) is 5.32 Å². The molecule has 1 aromatic carbocycles.